The lowest BCUT2D eigenvalue weighted by Crippen LogP contribution is -2.26. The van der Waals surface area contributed by atoms with E-state index < -0.39 is 12.1 Å². The van der Waals surface area contributed by atoms with Gasteiger partial charge in [0.2, 0.25) is 0 Å². The van der Waals surface area contributed by atoms with Gasteiger partial charge < -0.3 is 14.6 Å². The Labute approximate surface area is 155 Å². The molecule has 0 fully saturated rings. The van der Waals surface area contributed by atoms with Crippen molar-refractivity contribution in [3.05, 3.63) is 70.8 Å². The predicted octanol–water partition coefficient (Wildman–Crippen LogP) is 4.43. The van der Waals surface area contributed by atoms with Crippen LogP contribution in [0.1, 0.15) is 29.2 Å². The summed E-state index contributed by atoms with van der Waals surface area (Å²) < 4.78 is 10.9. The second-order valence-electron chi connectivity index (χ2n) is 6.19. The SMILES string of the molecule is CCOC(Cc1ccc(OC/C=C/c2ccc(C)c(C)c2)cc1)C(=O)O. The summed E-state index contributed by atoms with van der Waals surface area (Å²) in [5.41, 5.74) is 4.62. The first kappa shape index (κ1) is 19.7. The maximum absolute atomic E-state index is 11.1. The highest BCUT2D eigenvalue weighted by molar-refractivity contribution is 5.72. The average molecular weight is 354 g/mol. The number of carboxylic acid groups (broad SMARTS) is 1. The number of hydrogen-bond acceptors (Lipinski definition) is 3. The van der Waals surface area contributed by atoms with Crippen LogP contribution in [0.25, 0.3) is 6.08 Å². The molecule has 1 N–H and O–H groups in total. The van der Waals surface area contributed by atoms with E-state index in [0.29, 0.717) is 19.6 Å². The van der Waals surface area contributed by atoms with E-state index in [1.54, 1.807) is 6.92 Å². The van der Waals surface area contributed by atoms with Gasteiger partial charge in [-0.3, -0.25) is 0 Å². The normalized spacial score (nSPS) is 12.3. The Bertz CT molecular complexity index is 747. The highest BCUT2D eigenvalue weighted by atomic mass is 16.5. The van der Waals surface area contributed by atoms with Gasteiger partial charge in [-0.1, -0.05) is 36.4 Å². The number of ether oxygens (including phenoxy) is 2. The van der Waals surface area contributed by atoms with Gasteiger partial charge in [-0.05, 0) is 61.2 Å². The van der Waals surface area contributed by atoms with E-state index >= 15 is 0 Å². The summed E-state index contributed by atoms with van der Waals surface area (Å²) in [7, 11) is 0. The molecule has 0 aromatic heterocycles. The standard InChI is InChI=1S/C22H26O4/c1-4-25-21(22(23)24)15-19-9-11-20(12-10-19)26-13-5-6-18-8-7-16(2)17(3)14-18/h5-12,14,21H,4,13,15H2,1-3H3,(H,23,24)/b6-5+. The number of carboxylic acids is 1. The van der Waals surface area contributed by atoms with Crippen LogP contribution in [-0.2, 0) is 16.0 Å². The quantitative estimate of drug-likeness (QED) is 0.724. The summed E-state index contributed by atoms with van der Waals surface area (Å²) in [4.78, 5) is 11.1. The fourth-order valence-electron chi connectivity index (χ4n) is 2.55. The first-order valence-electron chi connectivity index (χ1n) is 8.79. The minimum atomic E-state index is -0.941. The molecule has 0 radical (unpaired) electrons. The second-order valence-corrected chi connectivity index (χ2v) is 6.19. The summed E-state index contributed by atoms with van der Waals surface area (Å²) in [6.45, 7) is 6.85. The van der Waals surface area contributed by atoms with Crippen molar-refractivity contribution in [3.63, 3.8) is 0 Å². The first-order valence-corrected chi connectivity index (χ1v) is 8.79. The zero-order valence-electron chi connectivity index (χ0n) is 15.6. The fraction of sp³-hybridized carbons (Fsp3) is 0.318. The van der Waals surface area contributed by atoms with Gasteiger partial charge in [0.15, 0.2) is 6.10 Å². The summed E-state index contributed by atoms with van der Waals surface area (Å²) in [5, 5.41) is 9.13. The minimum absolute atomic E-state index is 0.343. The average Bonchev–Trinajstić information content (AvgIpc) is 2.62. The number of rotatable bonds is 9. The molecule has 138 valence electrons. The molecule has 0 aliphatic carbocycles. The van der Waals surface area contributed by atoms with Crippen LogP contribution in [0.15, 0.2) is 48.5 Å². The lowest BCUT2D eigenvalue weighted by atomic mass is 10.1. The molecule has 4 nitrogen and oxygen atoms in total. The van der Waals surface area contributed by atoms with E-state index in [2.05, 4.69) is 32.0 Å². The van der Waals surface area contributed by atoms with Gasteiger partial charge in [-0.15, -0.1) is 0 Å². The van der Waals surface area contributed by atoms with E-state index in [9.17, 15) is 4.79 Å². The number of aliphatic carboxylic acids is 1. The Morgan fingerprint density at radius 1 is 1.12 bits per heavy atom. The summed E-state index contributed by atoms with van der Waals surface area (Å²) in [6, 6.07) is 13.8. The Morgan fingerprint density at radius 3 is 2.46 bits per heavy atom. The third kappa shape index (κ3) is 6.05. The first-order chi connectivity index (χ1) is 12.5. The molecule has 0 bridgehead atoms. The van der Waals surface area contributed by atoms with Crippen molar-refractivity contribution >= 4 is 12.0 Å². The lowest BCUT2D eigenvalue weighted by molar-refractivity contribution is -0.149. The summed E-state index contributed by atoms with van der Waals surface area (Å²) in [6.07, 6.45) is 3.55. The van der Waals surface area contributed by atoms with E-state index in [1.165, 1.54) is 11.1 Å². The smallest absolute Gasteiger partial charge is 0.333 e. The van der Waals surface area contributed by atoms with Gasteiger partial charge in [0.05, 0.1) is 0 Å². The van der Waals surface area contributed by atoms with Crippen molar-refractivity contribution in [2.45, 2.75) is 33.3 Å². The molecule has 1 unspecified atom stereocenters. The molecule has 2 aromatic carbocycles. The van der Waals surface area contributed by atoms with E-state index in [4.69, 9.17) is 14.6 Å². The van der Waals surface area contributed by atoms with Crippen LogP contribution in [0.2, 0.25) is 0 Å². The van der Waals surface area contributed by atoms with E-state index in [1.807, 2.05) is 36.4 Å². The molecule has 26 heavy (non-hydrogen) atoms. The topological polar surface area (TPSA) is 55.8 Å². The number of hydrogen-bond donors (Lipinski definition) is 1. The highest BCUT2D eigenvalue weighted by Gasteiger charge is 2.17. The maximum Gasteiger partial charge on any atom is 0.333 e. The molecule has 1 atom stereocenters. The molecule has 0 spiro atoms. The monoisotopic (exact) mass is 354 g/mol. The Morgan fingerprint density at radius 2 is 1.85 bits per heavy atom. The van der Waals surface area contributed by atoms with Crippen LogP contribution < -0.4 is 4.74 Å². The molecule has 0 aliphatic rings. The summed E-state index contributed by atoms with van der Waals surface area (Å²) in [5.74, 6) is -0.189. The molecule has 2 aromatic rings. The van der Waals surface area contributed by atoms with Crippen LogP contribution in [0.3, 0.4) is 0 Å². The van der Waals surface area contributed by atoms with Crippen molar-refractivity contribution in [2.75, 3.05) is 13.2 Å². The van der Waals surface area contributed by atoms with Crippen molar-refractivity contribution < 1.29 is 19.4 Å². The molecule has 0 saturated carbocycles. The van der Waals surface area contributed by atoms with Gasteiger partial charge in [-0.2, -0.15) is 0 Å². The highest BCUT2D eigenvalue weighted by Crippen LogP contribution is 2.15. The molecule has 0 heterocycles. The number of benzene rings is 2. The van der Waals surface area contributed by atoms with Gasteiger partial charge in [-0.25, -0.2) is 4.79 Å². The molecule has 0 aliphatic heterocycles. The fourth-order valence-corrected chi connectivity index (χ4v) is 2.55. The molecular formula is C22H26O4. The van der Waals surface area contributed by atoms with Crippen LogP contribution in [0, 0.1) is 13.8 Å². The zero-order chi connectivity index (χ0) is 18.9. The molecule has 4 heteroatoms. The van der Waals surface area contributed by atoms with Gasteiger partial charge >= 0.3 is 5.97 Å². The van der Waals surface area contributed by atoms with Crippen molar-refractivity contribution in [1.82, 2.24) is 0 Å². The Kier molecular flexibility index (Phi) is 7.42. The van der Waals surface area contributed by atoms with Gasteiger partial charge in [0.1, 0.15) is 12.4 Å². The third-order valence-corrected chi connectivity index (χ3v) is 4.18. The molecular weight excluding hydrogens is 328 g/mol. The summed E-state index contributed by atoms with van der Waals surface area (Å²) >= 11 is 0. The van der Waals surface area contributed by atoms with Crippen molar-refractivity contribution in [3.8, 4) is 5.75 Å². The molecule has 0 amide bonds. The van der Waals surface area contributed by atoms with Crippen LogP contribution in [-0.4, -0.2) is 30.4 Å². The lowest BCUT2D eigenvalue weighted by Gasteiger charge is -2.12. The van der Waals surface area contributed by atoms with Crippen molar-refractivity contribution in [2.24, 2.45) is 0 Å². The second kappa shape index (κ2) is 9.78. The van der Waals surface area contributed by atoms with Crippen molar-refractivity contribution in [1.29, 1.82) is 0 Å². The largest absolute Gasteiger partial charge is 0.490 e. The van der Waals surface area contributed by atoms with Crippen LogP contribution >= 0.6 is 0 Å². The number of carbonyl (C=O) groups is 1. The number of aryl methyl sites for hydroxylation is 2. The van der Waals surface area contributed by atoms with Gasteiger partial charge in [0, 0.05) is 13.0 Å². The van der Waals surface area contributed by atoms with Crippen LogP contribution in [0.4, 0.5) is 0 Å². The zero-order valence-corrected chi connectivity index (χ0v) is 15.6. The Balaban J connectivity index is 1.85. The molecule has 2 rings (SSSR count). The van der Waals surface area contributed by atoms with E-state index in [-0.39, 0.29) is 0 Å². The molecule has 0 saturated heterocycles. The van der Waals surface area contributed by atoms with Gasteiger partial charge in [0.25, 0.3) is 0 Å². The Hall–Kier alpha value is -2.59. The maximum atomic E-state index is 11.1. The van der Waals surface area contributed by atoms with E-state index in [0.717, 1.165) is 16.9 Å². The minimum Gasteiger partial charge on any atom is -0.490 e. The predicted molar refractivity (Wildman–Crippen MR) is 104 cm³/mol. The van der Waals surface area contributed by atoms with Crippen LogP contribution in [0.5, 0.6) is 5.75 Å². The third-order valence-electron chi connectivity index (χ3n) is 4.18.